The van der Waals surface area contributed by atoms with Crippen molar-refractivity contribution in [2.24, 2.45) is 0 Å². The van der Waals surface area contributed by atoms with Gasteiger partial charge in [-0.25, -0.2) is 0 Å². The number of anilines is 1. The van der Waals surface area contributed by atoms with Crippen LogP contribution in [0.15, 0.2) is 18.2 Å². The summed E-state index contributed by atoms with van der Waals surface area (Å²) in [6.07, 6.45) is 5.06. The van der Waals surface area contributed by atoms with Gasteiger partial charge >= 0.3 is 0 Å². The van der Waals surface area contributed by atoms with Crippen molar-refractivity contribution in [1.82, 2.24) is 5.32 Å². The second kappa shape index (κ2) is 8.95. The molecule has 2 aliphatic rings. The molecule has 1 aliphatic carbocycles. The van der Waals surface area contributed by atoms with E-state index in [1.165, 1.54) is 6.07 Å². The van der Waals surface area contributed by atoms with Crippen molar-refractivity contribution >= 4 is 17.3 Å². The summed E-state index contributed by atoms with van der Waals surface area (Å²) < 4.78 is 11.0. The molecule has 1 heterocycles. The normalized spacial score (nSPS) is 19.3. The molecular weight excluding hydrogens is 338 g/mol. The van der Waals surface area contributed by atoms with Crippen molar-refractivity contribution in [3.8, 4) is 0 Å². The van der Waals surface area contributed by atoms with Crippen LogP contribution in [-0.4, -0.2) is 49.3 Å². The van der Waals surface area contributed by atoms with E-state index >= 15 is 0 Å². The molecule has 1 saturated heterocycles. The van der Waals surface area contributed by atoms with Crippen LogP contribution in [0.4, 0.5) is 11.4 Å². The van der Waals surface area contributed by atoms with E-state index in [1.54, 1.807) is 12.1 Å². The smallest absolute Gasteiger partial charge is 0.293 e. The van der Waals surface area contributed by atoms with Crippen LogP contribution >= 0.6 is 0 Å². The fourth-order valence-corrected chi connectivity index (χ4v) is 2.86. The summed E-state index contributed by atoms with van der Waals surface area (Å²) in [7, 11) is 0. The molecule has 0 radical (unpaired) electrons. The highest BCUT2D eigenvalue weighted by Gasteiger charge is 2.25. The number of nitro benzene ring substituents is 1. The Morgan fingerprint density at radius 1 is 1.35 bits per heavy atom. The molecule has 3 rings (SSSR count). The molecule has 0 spiro atoms. The average Bonchev–Trinajstić information content (AvgIpc) is 3.29. The topological polar surface area (TPSA) is 103 Å². The van der Waals surface area contributed by atoms with Crippen molar-refractivity contribution in [2.75, 3.05) is 31.7 Å². The minimum absolute atomic E-state index is 0.0653. The number of benzene rings is 1. The van der Waals surface area contributed by atoms with Gasteiger partial charge in [0.2, 0.25) is 0 Å². The molecule has 142 valence electrons. The number of hydrogen-bond donors (Lipinski definition) is 2. The molecule has 8 nitrogen and oxygen atoms in total. The minimum Gasteiger partial charge on any atom is -0.379 e. The lowest BCUT2D eigenvalue weighted by molar-refractivity contribution is -0.384. The third kappa shape index (κ3) is 5.40. The number of ether oxygens (including phenoxy) is 2. The number of nitrogens with one attached hydrogen (secondary N) is 2. The van der Waals surface area contributed by atoms with Crippen molar-refractivity contribution in [2.45, 2.75) is 44.2 Å². The number of carbonyl (C=O) groups is 1. The Balaban J connectivity index is 1.41. The van der Waals surface area contributed by atoms with Gasteiger partial charge in [-0.2, -0.15) is 0 Å². The Morgan fingerprint density at radius 3 is 2.88 bits per heavy atom. The monoisotopic (exact) mass is 363 g/mol. The zero-order chi connectivity index (χ0) is 18.4. The second-order valence-corrected chi connectivity index (χ2v) is 6.73. The molecule has 1 amide bonds. The van der Waals surface area contributed by atoms with E-state index in [0.29, 0.717) is 43.5 Å². The maximum atomic E-state index is 12.2. The fraction of sp³-hybridized carbons (Fsp3) is 0.611. The van der Waals surface area contributed by atoms with E-state index in [1.807, 2.05) is 0 Å². The Kier molecular flexibility index (Phi) is 6.40. The first-order chi connectivity index (χ1) is 12.6. The van der Waals surface area contributed by atoms with Crippen LogP contribution in [0, 0.1) is 10.1 Å². The average molecular weight is 363 g/mol. The lowest BCUT2D eigenvalue weighted by atomic mass is 10.1. The highest BCUT2D eigenvalue weighted by molar-refractivity contribution is 5.95. The van der Waals surface area contributed by atoms with Crippen LogP contribution in [0.2, 0.25) is 0 Å². The first-order valence-corrected chi connectivity index (χ1v) is 9.16. The molecule has 1 aliphatic heterocycles. The van der Waals surface area contributed by atoms with E-state index < -0.39 is 4.92 Å². The Labute approximate surface area is 152 Å². The summed E-state index contributed by atoms with van der Waals surface area (Å²) in [5.41, 5.74) is 0.694. The maximum absolute atomic E-state index is 12.2. The second-order valence-electron chi connectivity index (χ2n) is 6.73. The summed E-state index contributed by atoms with van der Waals surface area (Å²) in [5, 5.41) is 17.1. The van der Waals surface area contributed by atoms with Crippen LogP contribution in [0.3, 0.4) is 0 Å². The van der Waals surface area contributed by atoms with Gasteiger partial charge in [0.1, 0.15) is 5.69 Å². The molecule has 1 aromatic carbocycles. The van der Waals surface area contributed by atoms with Crippen molar-refractivity contribution in [3.05, 3.63) is 33.9 Å². The minimum atomic E-state index is -0.458. The highest BCUT2D eigenvalue weighted by atomic mass is 16.6. The summed E-state index contributed by atoms with van der Waals surface area (Å²) in [6, 6.07) is 4.86. The Morgan fingerprint density at radius 2 is 2.19 bits per heavy atom. The summed E-state index contributed by atoms with van der Waals surface area (Å²) in [4.78, 5) is 23.0. The predicted molar refractivity (Wildman–Crippen MR) is 96.5 cm³/mol. The molecule has 8 heteroatoms. The van der Waals surface area contributed by atoms with E-state index in [-0.39, 0.29) is 17.7 Å². The molecule has 26 heavy (non-hydrogen) atoms. The number of amides is 1. The van der Waals surface area contributed by atoms with Gasteiger partial charge in [-0.15, -0.1) is 0 Å². The molecule has 2 N–H and O–H groups in total. The van der Waals surface area contributed by atoms with E-state index in [9.17, 15) is 14.9 Å². The summed E-state index contributed by atoms with van der Waals surface area (Å²) >= 11 is 0. The van der Waals surface area contributed by atoms with Gasteiger partial charge in [0.25, 0.3) is 11.6 Å². The molecule has 0 unspecified atom stereocenters. The molecular formula is C18H25N3O5. The van der Waals surface area contributed by atoms with Gasteiger partial charge in [-0.1, -0.05) is 0 Å². The predicted octanol–water partition coefficient (Wildman–Crippen LogP) is 2.48. The van der Waals surface area contributed by atoms with Gasteiger partial charge in [-0.05, 0) is 44.2 Å². The standard InChI is InChI=1S/C18H25N3O5/c22-18(19-8-2-9-25-12-15-3-1-10-26-15)13-4-7-16(20-14-5-6-14)17(11-13)21(23)24/h4,7,11,14-15,20H,1-3,5-6,8-10,12H2,(H,19,22)/t15-/m1/s1. The number of hydrogen-bond acceptors (Lipinski definition) is 6. The maximum Gasteiger partial charge on any atom is 0.293 e. The zero-order valence-electron chi connectivity index (χ0n) is 14.7. The molecule has 1 aromatic rings. The number of nitro groups is 1. The lowest BCUT2D eigenvalue weighted by Gasteiger charge is -2.11. The first kappa shape index (κ1) is 18.6. The van der Waals surface area contributed by atoms with Crippen molar-refractivity contribution in [1.29, 1.82) is 0 Å². The van der Waals surface area contributed by atoms with Crippen LogP contribution in [0.25, 0.3) is 0 Å². The molecule has 1 atom stereocenters. The molecule has 2 fully saturated rings. The van der Waals surface area contributed by atoms with Gasteiger partial charge < -0.3 is 20.1 Å². The van der Waals surface area contributed by atoms with Crippen molar-refractivity contribution in [3.63, 3.8) is 0 Å². The molecule has 0 aromatic heterocycles. The van der Waals surface area contributed by atoms with E-state index in [4.69, 9.17) is 9.47 Å². The number of carbonyl (C=O) groups excluding carboxylic acids is 1. The third-order valence-corrected chi connectivity index (χ3v) is 4.47. The zero-order valence-corrected chi connectivity index (χ0v) is 14.7. The van der Waals surface area contributed by atoms with Crippen LogP contribution in [-0.2, 0) is 9.47 Å². The van der Waals surface area contributed by atoms with Crippen LogP contribution in [0.5, 0.6) is 0 Å². The van der Waals surface area contributed by atoms with Gasteiger partial charge in [0.15, 0.2) is 0 Å². The largest absolute Gasteiger partial charge is 0.379 e. The van der Waals surface area contributed by atoms with Crippen molar-refractivity contribution < 1.29 is 19.2 Å². The SMILES string of the molecule is O=C(NCCCOC[C@H]1CCCO1)c1ccc(NC2CC2)c([N+](=O)[O-])c1. The third-order valence-electron chi connectivity index (χ3n) is 4.47. The van der Waals surface area contributed by atoms with Gasteiger partial charge in [-0.3, -0.25) is 14.9 Å². The van der Waals surface area contributed by atoms with Gasteiger partial charge in [0, 0.05) is 37.4 Å². The summed E-state index contributed by atoms with van der Waals surface area (Å²) in [6.45, 7) is 2.41. The molecule has 1 saturated carbocycles. The van der Waals surface area contributed by atoms with Crippen LogP contribution in [0.1, 0.15) is 42.5 Å². The lowest BCUT2D eigenvalue weighted by Crippen LogP contribution is -2.26. The Bertz CT molecular complexity index is 642. The number of rotatable bonds is 10. The van der Waals surface area contributed by atoms with Crippen LogP contribution < -0.4 is 10.6 Å². The number of nitrogens with zero attached hydrogens (tertiary/aromatic N) is 1. The Hall–Kier alpha value is -2.19. The fourth-order valence-electron chi connectivity index (χ4n) is 2.86. The molecule has 0 bridgehead atoms. The van der Waals surface area contributed by atoms with Gasteiger partial charge in [0.05, 0.1) is 17.6 Å². The highest BCUT2D eigenvalue weighted by Crippen LogP contribution is 2.31. The summed E-state index contributed by atoms with van der Waals surface area (Å²) in [5.74, 6) is -0.315. The quantitative estimate of drug-likeness (QED) is 0.376. The van der Waals surface area contributed by atoms with E-state index in [2.05, 4.69) is 10.6 Å². The first-order valence-electron chi connectivity index (χ1n) is 9.16. The van der Waals surface area contributed by atoms with E-state index in [0.717, 1.165) is 32.3 Å².